The number of nitrogens with zero attached hydrogens (tertiary/aromatic N) is 1. The summed E-state index contributed by atoms with van der Waals surface area (Å²) in [7, 11) is 0. The molecule has 0 aliphatic carbocycles. The smallest absolute Gasteiger partial charge is 0.341 e. The van der Waals surface area contributed by atoms with Crippen molar-refractivity contribution in [2.75, 3.05) is 0 Å². The van der Waals surface area contributed by atoms with Gasteiger partial charge in [0.25, 0.3) is 5.76 Å². The third-order valence-corrected chi connectivity index (χ3v) is 3.60. The van der Waals surface area contributed by atoms with Crippen molar-refractivity contribution in [3.63, 3.8) is 0 Å². The maximum atomic E-state index is 13.7. The fraction of sp³-hybridized carbons (Fsp3) is 0.200. The molecular weight excluding hydrogens is 334 g/mol. The third-order valence-electron chi connectivity index (χ3n) is 2.87. The van der Waals surface area contributed by atoms with Gasteiger partial charge < -0.3 is 4.74 Å². The minimum atomic E-state index is -2.76. The highest BCUT2D eigenvalue weighted by Crippen LogP contribution is 2.28. The van der Waals surface area contributed by atoms with Crippen LogP contribution in [0.2, 0.25) is 0 Å². The van der Waals surface area contributed by atoms with E-state index in [1.54, 1.807) is 0 Å². The van der Waals surface area contributed by atoms with E-state index in [1.165, 1.54) is 25.3 Å². The Labute approximate surface area is 133 Å². The number of ether oxygens (including phenoxy) is 1. The molecule has 0 fully saturated rings. The molecule has 2 rings (SSSR count). The molecule has 0 saturated carbocycles. The molecule has 0 saturated heterocycles. The minimum Gasteiger partial charge on any atom is -0.454 e. The summed E-state index contributed by atoms with van der Waals surface area (Å²) in [5, 5.41) is -0.195. The van der Waals surface area contributed by atoms with Gasteiger partial charge in [-0.15, -0.1) is 0 Å². The molecule has 0 bridgehead atoms. The maximum Gasteiger partial charge on any atom is 0.341 e. The topological polar surface area (TPSA) is 39.2 Å². The number of alkyl halides is 2. The Morgan fingerprint density at radius 2 is 2.00 bits per heavy atom. The summed E-state index contributed by atoms with van der Waals surface area (Å²) in [5.41, 5.74) is -0.313. The van der Waals surface area contributed by atoms with Gasteiger partial charge in [-0.2, -0.15) is 8.78 Å². The summed E-state index contributed by atoms with van der Waals surface area (Å²) in [5.74, 6) is -5.12. The summed E-state index contributed by atoms with van der Waals surface area (Å²) < 4.78 is 56.8. The molecule has 122 valence electrons. The summed E-state index contributed by atoms with van der Waals surface area (Å²) in [6, 6.07) is 5.42. The lowest BCUT2D eigenvalue weighted by atomic mass is 10.1. The van der Waals surface area contributed by atoms with Gasteiger partial charge >= 0.3 is 5.97 Å². The van der Waals surface area contributed by atoms with E-state index in [9.17, 15) is 22.4 Å². The van der Waals surface area contributed by atoms with Crippen molar-refractivity contribution in [2.24, 2.45) is 0 Å². The summed E-state index contributed by atoms with van der Waals surface area (Å²) in [6.07, 6.45) is 0.166. The first kappa shape index (κ1) is 17.3. The van der Waals surface area contributed by atoms with Gasteiger partial charge in [0.2, 0.25) is 0 Å². The Balaban J connectivity index is 2.20. The fourth-order valence-electron chi connectivity index (χ4n) is 1.84. The third kappa shape index (κ3) is 4.44. The molecule has 1 heterocycles. The van der Waals surface area contributed by atoms with Crippen molar-refractivity contribution in [3.05, 3.63) is 59.3 Å². The lowest BCUT2D eigenvalue weighted by Crippen LogP contribution is -2.12. The predicted octanol–water partition coefficient (Wildman–Crippen LogP) is 4.59. The van der Waals surface area contributed by atoms with Gasteiger partial charge in [0.15, 0.2) is 0 Å². The lowest BCUT2D eigenvalue weighted by Gasteiger charge is -2.15. The van der Waals surface area contributed by atoms with Crippen molar-refractivity contribution in [2.45, 2.75) is 23.8 Å². The molecule has 0 radical (unpaired) electrons. The van der Waals surface area contributed by atoms with E-state index >= 15 is 0 Å². The van der Waals surface area contributed by atoms with E-state index in [2.05, 4.69) is 4.98 Å². The molecule has 1 aromatic carbocycles. The van der Waals surface area contributed by atoms with E-state index in [1.807, 2.05) is 0 Å². The van der Waals surface area contributed by atoms with Crippen molar-refractivity contribution in [1.82, 2.24) is 4.98 Å². The number of carbonyl (C=O) groups excluding carboxylic acids is 1. The van der Waals surface area contributed by atoms with Crippen LogP contribution in [0.3, 0.4) is 0 Å². The number of halogens is 4. The van der Waals surface area contributed by atoms with Crippen LogP contribution >= 0.6 is 11.8 Å². The monoisotopic (exact) mass is 345 g/mol. The fourth-order valence-corrected chi connectivity index (χ4v) is 2.41. The molecule has 1 unspecified atom stereocenters. The molecule has 0 spiro atoms. The number of hydrogen-bond donors (Lipinski definition) is 0. The molecule has 1 atom stereocenters. The SMILES string of the molecule is CC(OC(=O)c1cccnc1SC(F)F)c1cc(F)ccc1F. The van der Waals surface area contributed by atoms with Crippen LogP contribution in [0, 0.1) is 11.6 Å². The number of rotatable bonds is 5. The molecule has 0 aliphatic rings. The van der Waals surface area contributed by atoms with Crippen LogP contribution in [0.25, 0.3) is 0 Å². The van der Waals surface area contributed by atoms with Crippen LogP contribution in [0.5, 0.6) is 0 Å². The van der Waals surface area contributed by atoms with Crippen LogP contribution in [0.4, 0.5) is 17.6 Å². The largest absolute Gasteiger partial charge is 0.454 e. The normalized spacial score (nSPS) is 12.3. The van der Waals surface area contributed by atoms with Gasteiger partial charge in [-0.05, 0) is 49.0 Å². The van der Waals surface area contributed by atoms with Crippen LogP contribution in [0.15, 0.2) is 41.6 Å². The Morgan fingerprint density at radius 3 is 2.70 bits per heavy atom. The second-order valence-corrected chi connectivity index (χ2v) is 5.43. The quantitative estimate of drug-likeness (QED) is 0.451. The number of hydrogen-bond acceptors (Lipinski definition) is 4. The average molecular weight is 345 g/mol. The molecular formula is C15H11F4NO2S. The zero-order valence-electron chi connectivity index (χ0n) is 11.8. The average Bonchev–Trinajstić information content (AvgIpc) is 2.49. The molecule has 23 heavy (non-hydrogen) atoms. The Hall–Kier alpha value is -2.09. The second-order valence-electron chi connectivity index (χ2n) is 4.45. The number of pyridine rings is 1. The van der Waals surface area contributed by atoms with Crippen molar-refractivity contribution < 1.29 is 27.1 Å². The highest BCUT2D eigenvalue weighted by atomic mass is 32.2. The standard InChI is InChI=1S/C15H11F4NO2S/c1-8(11-7-9(16)4-5-12(11)17)22-14(21)10-3-2-6-20-13(10)23-15(18)19/h2-8,15H,1H3. The zero-order chi connectivity index (χ0) is 17.0. The van der Waals surface area contributed by atoms with Crippen LogP contribution in [-0.2, 0) is 4.74 Å². The Bertz CT molecular complexity index is 712. The van der Waals surface area contributed by atoms with Crippen LogP contribution in [-0.4, -0.2) is 16.7 Å². The van der Waals surface area contributed by atoms with Gasteiger partial charge in [0.1, 0.15) is 22.8 Å². The van der Waals surface area contributed by atoms with Crippen molar-refractivity contribution in [3.8, 4) is 0 Å². The van der Waals surface area contributed by atoms with Crippen molar-refractivity contribution in [1.29, 1.82) is 0 Å². The molecule has 0 amide bonds. The molecule has 0 aliphatic heterocycles. The van der Waals surface area contributed by atoms with E-state index in [0.29, 0.717) is 0 Å². The summed E-state index contributed by atoms with van der Waals surface area (Å²) >= 11 is 0.103. The molecule has 1 aromatic heterocycles. The first-order valence-electron chi connectivity index (χ1n) is 6.44. The van der Waals surface area contributed by atoms with Gasteiger partial charge in [0, 0.05) is 11.8 Å². The highest BCUT2D eigenvalue weighted by Gasteiger charge is 2.22. The molecule has 2 aromatic rings. The first-order valence-corrected chi connectivity index (χ1v) is 7.32. The van der Waals surface area contributed by atoms with Crippen LogP contribution < -0.4 is 0 Å². The Kier molecular flexibility index (Phi) is 5.59. The van der Waals surface area contributed by atoms with E-state index in [-0.39, 0.29) is 27.9 Å². The first-order chi connectivity index (χ1) is 10.9. The van der Waals surface area contributed by atoms with Gasteiger partial charge in [-0.25, -0.2) is 18.6 Å². The number of benzene rings is 1. The number of thioether (sulfide) groups is 1. The minimum absolute atomic E-state index is 0.103. The summed E-state index contributed by atoms with van der Waals surface area (Å²) in [6.45, 7) is 1.35. The number of carbonyl (C=O) groups is 1. The maximum absolute atomic E-state index is 13.7. The molecule has 3 nitrogen and oxygen atoms in total. The lowest BCUT2D eigenvalue weighted by molar-refractivity contribution is 0.0325. The Morgan fingerprint density at radius 1 is 1.26 bits per heavy atom. The van der Waals surface area contributed by atoms with Gasteiger partial charge in [-0.3, -0.25) is 0 Å². The molecule has 0 N–H and O–H groups in total. The van der Waals surface area contributed by atoms with Crippen molar-refractivity contribution >= 4 is 17.7 Å². The number of aromatic nitrogens is 1. The van der Waals surface area contributed by atoms with Gasteiger partial charge in [0.05, 0.1) is 5.56 Å². The zero-order valence-corrected chi connectivity index (χ0v) is 12.6. The van der Waals surface area contributed by atoms with Crippen LogP contribution in [0.1, 0.15) is 28.9 Å². The van der Waals surface area contributed by atoms with E-state index in [4.69, 9.17) is 4.74 Å². The van der Waals surface area contributed by atoms with Gasteiger partial charge in [-0.1, -0.05) is 0 Å². The second kappa shape index (κ2) is 7.45. The summed E-state index contributed by atoms with van der Waals surface area (Å²) in [4.78, 5) is 15.8. The highest BCUT2D eigenvalue weighted by molar-refractivity contribution is 7.99. The predicted molar refractivity (Wildman–Crippen MR) is 76.3 cm³/mol. The van der Waals surface area contributed by atoms with E-state index in [0.717, 1.165) is 18.2 Å². The molecule has 8 heteroatoms. The van der Waals surface area contributed by atoms with E-state index < -0.39 is 29.5 Å². The number of esters is 1.